The fourth-order valence-corrected chi connectivity index (χ4v) is 1.88. The third-order valence-electron chi connectivity index (χ3n) is 3.12. The van der Waals surface area contributed by atoms with Crippen molar-refractivity contribution in [2.75, 3.05) is 6.54 Å². The molecule has 3 N–H and O–H groups in total. The standard InChI is InChI=1S/C15H18N2O/c1-11(10-16)12-5-4-6-13(9-12)15(18)14-7-2-3-8-17-14/h2-9,11,15,18H,10,16H2,1H3. The molecule has 0 bridgehead atoms. The van der Waals surface area contributed by atoms with E-state index in [1.54, 1.807) is 6.20 Å². The Morgan fingerprint density at radius 3 is 2.61 bits per heavy atom. The topological polar surface area (TPSA) is 59.1 Å². The van der Waals surface area contributed by atoms with Gasteiger partial charge in [-0.3, -0.25) is 4.98 Å². The number of aromatic nitrogens is 1. The van der Waals surface area contributed by atoms with Crippen LogP contribution < -0.4 is 5.73 Å². The van der Waals surface area contributed by atoms with Crippen molar-refractivity contribution in [3.8, 4) is 0 Å². The normalized spacial score (nSPS) is 14.2. The van der Waals surface area contributed by atoms with Crippen LogP contribution in [0.5, 0.6) is 0 Å². The van der Waals surface area contributed by atoms with Gasteiger partial charge in [0.2, 0.25) is 0 Å². The van der Waals surface area contributed by atoms with Crippen molar-refractivity contribution >= 4 is 0 Å². The molecule has 2 unspecified atom stereocenters. The fourth-order valence-electron chi connectivity index (χ4n) is 1.88. The maximum Gasteiger partial charge on any atom is 0.121 e. The van der Waals surface area contributed by atoms with Gasteiger partial charge in [-0.25, -0.2) is 0 Å². The van der Waals surface area contributed by atoms with Crippen LogP contribution in [-0.2, 0) is 0 Å². The van der Waals surface area contributed by atoms with E-state index in [9.17, 15) is 5.11 Å². The number of hydrogen-bond donors (Lipinski definition) is 2. The maximum atomic E-state index is 10.3. The van der Waals surface area contributed by atoms with Crippen molar-refractivity contribution in [1.29, 1.82) is 0 Å². The van der Waals surface area contributed by atoms with E-state index >= 15 is 0 Å². The lowest BCUT2D eigenvalue weighted by molar-refractivity contribution is 0.215. The minimum absolute atomic E-state index is 0.292. The number of benzene rings is 1. The molecule has 3 nitrogen and oxygen atoms in total. The van der Waals surface area contributed by atoms with Gasteiger partial charge >= 0.3 is 0 Å². The molecular formula is C15H18N2O. The molecule has 1 aromatic heterocycles. The summed E-state index contributed by atoms with van der Waals surface area (Å²) in [6.07, 6.45) is 1.00. The summed E-state index contributed by atoms with van der Waals surface area (Å²) in [5, 5.41) is 10.3. The van der Waals surface area contributed by atoms with E-state index in [0.29, 0.717) is 18.2 Å². The van der Waals surface area contributed by atoms with Gasteiger partial charge in [0.1, 0.15) is 6.10 Å². The highest BCUT2D eigenvalue weighted by Gasteiger charge is 2.12. The third kappa shape index (κ3) is 2.75. The van der Waals surface area contributed by atoms with E-state index in [-0.39, 0.29) is 0 Å². The summed E-state index contributed by atoms with van der Waals surface area (Å²) in [5.74, 6) is 0.292. The molecule has 18 heavy (non-hydrogen) atoms. The van der Waals surface area contributed by atoms with Crippen LogP contribution in [0, 0.1) is 0 Å². The van der Waals surface area contributed by atoms with Gasteiger partial charge in [-0.05, 0) is 35.7 Å². The van der Waals surface area contributed by atoms with Gasteiger partial charge in [0, 0.05) is 6.20 Å². The second-order valence-electron chi connectivity index (χ2n) is 4.46. The van der Waals surface area contributed by atoms with Crippen molar-refractivity contribution < 1.29 is 5.11 Å². The number of aliphatic hydroxyl groups excluding tert-OH is 1. The zero-order valence-corrected chi connectivity index (χ0v) is 10.5. The van der Waals surface area contributed by atoms with E-state index in [2.05, 4.69) is 11.9 Å². The summed E-state index contributed by atoms with van der Waals surface area (Å²) in [5.41, 5.74) is 8.33. The Balaban J connectivity index is 2.28. The van der Waals surface area contributed by atoms with Crippen LogP contribution in [0.25, 0.3) is 0 Å². The molecule has 1 heterocycles. The highest BCUT2D eigenvalue weighted by atomic mass is 16.3. The lowest BCUT2D eigenvalue weighted by atomic mass is 9.96. The monoisotopic (exact) mass is 242 g/mol. The van der Waals surface area contributed by atoms with E-state index in [0.717, 1.165) is 11.1 Å². The Kier molecular flexibility index (Phi) is 4.07. The number of aliphatic hydroxyl groups is 1. The van der Waals surface area contributed by atoms with Gasteiger partial charge in [-0.1, -0.05) is 37.3 Å². The number of hydrogen-bond acceptors (Lipinski definition) is 3. The quantitative estimate of drug-likeness (QED) is 0.864. The predicted molar refractivity (Wildman–Crippen MR) is 72.2 cm³/mol. The number of nitrogens with zero attached hydrogens (tertiary/aromatic N) is 1. The molecule has 0 aliphatic heterocycles. The lowest BCUT2D eigenvalue weighted by Gasteiger charge is -2.14. The summed E-state index contributed by atoms with van der Waals surface area (Å²) < 4.78 is 0. The van der Waals surface area contributed by atoms with Crippen LogP contribution in [0.1, 0.15) is 35.8 Å². The molecular weight excluding hydrogens is 224 g/mol. The predicted octanol–water partition coefficient (Wildman–Crippen LogP) is 2.23. The minimum Gasteiger partial charge on any atom is -0.382 e. The summed E-state index contributed by atoms with van der Waals surface area (Å²) >= 11 is 0. The van der Waals surface area contributed by atoms with Crippen molar-refractivity contribution in [2.45, 2.75) is 18.9 Å². The number of pyridine rings is 1. The molecule has 0 saturated heterocycles. The van der Waals surface area contributed by atoms with Gasteiger partial charge in [0.25, 0.3) is 0 Å². The largest absolute Gasteiger partial charge is 0.382 e. The maximum absolute atomic E-state index is 10.3. The van der Waals surface area contributed by atoms with Crippen LogP contribution >= 0.6 is 0 Å². The minimum atomic E-state index is -0.684. The SMILES string of the molecule is CC(CN)c1cccc(C(O)c2ccccn2)c1. The van der Waals surface area contributed by atoms with E-state index < -0.39 is 6.10 Å². The van der Waals surface area contributed by atoms with Crippen LogP contribution in [0.3, 0.4) is 0 Å². The molecule has 2 rings (SSSR count). The highest BCUT2D eigenvalue weighted by molar-refractivity contribution is 5.31. The Bertz CT molecular complexity index is 499. The Hall–Kier alpha value is -1.71. The molecule has 2 aromatic rings. The second-order valence-corrected chi connectivity index (χ2v) is 4.46. The van der Waals surface area contributed by atoms with Crippen molar-refractivity contribution in [3.63, 3.8) is 0 Å². The van der Waals surface area contributed by atoms with Gasteiger partial charge in [-0.2, -0.15) is 0 Å². The van der Waals surface area contributed by atoms with Gasteiger partial charge in [0.05, 0.1) is 5.69 Å². The van der Waals surface area contributed by atoms with Crippen molar-refractivity contribution in [1.82, 2.24) is 4.98 Å². The Morgan fingerprint density at radius 1 is 1.17 bits per heavy atom. The molecule has 0 radical (unpaired) electrons. The average Bonchev–Trinajstić information content (AvgIpc) is 2.46. The Morgan fingerprint density at radius 2 is 1.94 bits per heavy atom. The van der Waals surface area contributed by atoms with Crippen LogP contribution in [0.2, 0.25) is 0 Å². The molecule has 0 aliphatic carbocycles. The average molecular weight is 242 g/mol. The van der Waals surface area contributed by atoms with Crippen LogP contribution in [-0.4, -0.2) is 16.6 Å². The first-order valence-corrected chi connectivity index (χ1v) is 6.11. The third-order valence-corrected chi connectivity index (χ3v) is 3.12. The zero-order valence-electron chi connectivity index (χ0n) is 10.5. The first-order chi connectivity index (χ1) is 8.72. The molecule has 0 spiro atoms. The van der Waals surface area contributed by atoms with Crippen molar-refractivity contribution in [2.24, 2.45) is 5.73 Å². The summed E-state index contributed by atoms with van der Waals surface area (Å²) in [6, 6.07) is 13.4. The molecule has 0 amide bonds. The molecule has 94 valence electrons. The Labute approximate surface area is 107 Å². The smallest absolute Gasteiger partial charge is 0.121 e. The van der Waals surface area contributed by atoms with Gasteiger partial charge in [0.15, 0.2) is 0 Å². The lowest BCUT2D eigenvalue weighted by Crippen LogP contribution is -2.10. The van der Waals surface area contributed by atoms with E-state index in [4.69, 9.17) is 5.73 Å². The fraction of sp³-hybridized carbons (Fsp3) is 0.267. The van der Waals surface area contributed by atoms with Crippen LogP contribution in [0.4, 0.5) is 0 Å². The first kappa shape index (κ1) is 12.7. The molecule has 0 fully saturated rings. The molecule has 0 aliphatic rings. The van der Waals surface area contributed by atoms with Crippen molar-refractivity contribution in [3.05, 3.63) is 65.5 Å². The van der Waals surface area contributed by atoms with E-state index in [1.165, 1.54) is 0 Å². The second kappa shape index (κ2) is 5.76. The number of nitrogens with two attached hydrogens (primary N) is 1. The molecule has 2 atom stereocenters. The molecule has 1 aromatic carbocycles. The van der Waals surface area contributed by atoms with Gasteiger partial charge < -0.3 is 10.8 Å². The summed E-state index contributed by atoms with van der Waals surface area (Å²) in [6.45, 7) is 2.68. The first-order valence-electron chi connectivity index (χ1n) is 6.11. The summed E-state index contributed by atoms with van der Waals surface area (Å²) in [4.78, 5) is 4.18. The molecule has 0 saturated carbocycles. The van der Waals surface area contributed by atoms with Gasteiger partial charge in [-0.15, -0.1) is 0 Å². The molecule has 3 heteroatoms. The highest BCUT2D eigenvalue weighted by Crippen LogP contribution is 2.23. The zero-order chi connectivity index (χ0) is 13.0. The summed E-state index contributed by atoms with van der Waals surface area (Å²) in [7, 11) is 0. The van der Waals surface area contributed by atoms with E-state index in [1.807, 2.05) is 42.5 Å². The number of rotatable bonds is 4. The van der Waals surface area contributed by atoms with Crippen LogP contribution in [0.15, 0.2) is 48.7 Å².